The molecular weight excluding hydrogens is 226 g/mol. The van der Waals surface area contributed by atoms with Crippen LogP contribution < -0.4 is 0 Å². The minimum Gasteiger partial charge on any atom is -0.378 e. The maximum Gasteiger partial charge on any atom is 0.223 e. The van der Waals surface area contributed by atoms with Crippen LogP contribution in [0.25, 0.3) is 0 Å². The molecule has 2 unspecified atom stereocenters. The number of amides is 1. The molecule has 104 valence electrons. The number of hydrogen-bond acceptors (Lipinski definition) is 2. The normalized spacial score (nSPS) is 25.4. The highest BCUT2D eigenvalue weighted by Gasteiger charge is 2.36. The van der Waals surface area contributed by atoms with Crippen molar-refractivity contribution in [2.75, 3.05) is 6.61 Å². The van der Waals surface area contributed by atoms with Gasteiger partial charge >= 0.3 is 0 Å². The summed E-state index contributed by atoms with van der Waals surface area (Å²) in [6.45, 7) is 7.47. The number of nitrogens with zero attached hydrogens (tertiary/aromatic N) is 1. The Kier molecular flexibility index (Phi) is 4.66. The molecule has 1 amide bonds. The van der Waals surface area contributed by atoms with E-state index in [9.17, 15) is 4.79 Å². The van der Waals surface area contributed by atoms with Gasteiger partial charge in [0.25, 0.3) is 0 Å². The van der Waals surface area contributed by atoms with Crippen molar-refractivity contribution in [1.29, 1.82) is 0 Å². The molecule has 2 atom stereocenters. The van der Waals surface area contributed by atoms with Gasteiger partial charge in [0, 0.05) is 25.1 Å². The van der Waals surface area contributed by atoms with Gasteiger partial charge in [-0.25, -0.2) is 0 Å². The first kappa shape index (κ1) is 13.9. The summed E-state index contributed by atoms with van der Waals surface area (Å²) in [6.07, 6.45) is 6.60. The second kappa shape index (κ2) is 6.05. The number of rotatable bonds is 6. The summed E-state index contributed by atoms with van der Waals surface area (Å²) in [5.74, 6) is 0.881. The van der Waals surface area contributed by atoms with Crippen molar-refractivity contribution in [3.63, 3.8) is 0 Å². The summed E-state index contributed by atoms with van der Waals surface area (Å²) in [5.41, 5.74) is 0. The Morgan fingerprint density at radius 2 is 2.00 bits per heavy atom. The van der Waals surface area contributed by atoms with Crippen LogP contribution in [0.5, 0.6) is 0 Å². The van der Waals surface area contributed by atoms with E-state index in [-0.39, 0.29) is 0 Å². The zero-order valence-corrected chi connectivity index (χ0v) is 12.0. The van der Waals surface area contributed by atoms with E-state index in [0.29, 0.717) is 36.4 Å². The van der Waals surface area contributed by atoms with E-state index in [1.165, 1.54) is 12.8 Å². The van der Waals surface area contributed by atoms with Gasteiger partial charge in [-0.2, -0.15) is 0 Å². The second-order valence-electron chi connectivity index (χ2n) is 6.19. The molecule has 3 nitrogen and oxygen atoms in total. The van der Waals surface area contributed by atoms with Crippen LogP contribution in [0.4, 0.5) is 0 Å². The maximum atomic E-state index is 12.4. The topological polar surface area (TPSA) is 29.5 Å². The zero-order chi connectivity index (χ0) is 13.1. The molecule has 0 radical (unpaired) electrons. The molecule has 3 heteroatoms. The van der Waals surface area contributed by atoms with Crippen molar-refractivity contribution >= 4 is 5.91 Å². The van der Waals surface area contributed by atoms with Crippen LogP contribution in [-0.2, 0) is 9.53 Å². The van der Waals surface area contributed by atoms with Gasteiger partial charge < -0.3 is 9.64 Å². The summed E-state index contributed by atoms with van der Waals surface area (Å²) in [4.78, 5) is 14.6. The fraction of sp³-hybridized carbons (Fsp3) is 0.933. The third kappa shape index (κ3) is 3.47. The third-order valence-electron chi connectivity index (χ3n) is 4.34. The lowest BCUT2D eigenvalue weighted by Gasteiger charge is -2.32. The molecule has 2 fully saturated rings. The highest BCUT2D eigenvalue weighted by Crippen LogP contribution is 2.31. The predicted molar refractivity (Wildman–Crippen MR) is 72.4 cm³/mol. The quantitative estimate of drug-likeness (QED) is 0.728. The van der Waals surface area contributed by atoms with Crippen molar-refractivity contribution in [2.24, 2.45) is 5.92 Å². The fourth-order valence-corrected chi connectivity index (χ4v) is 2.72. The number of carbonyl (C=O) groups excluding carboxylic acids is 1. The summed E-state index contributed by atoms with van der Waals surface area (Å²) in [6, 6.07) is 0.897. The summed E-state index contributed by atoms with van der Waals surface area (Å²) in [5, 5.41) is 0. The first-order valence-electron chi connectivity index (χ1n) is 7.52. The second-order valence-corrected chi connectivity index (χ2v) is 6.19. The maximum absolute atomic E-state index is 12.4. The van der Waals surface area contributed by atoms with Crippen molar-refractivity contribution in [2.45, 2.75) is 77.5 Å². The Labute approximate surface area is 111 Å². The highest BCUT2D eigenvalue weighted by atomic mass is 16.5. The number of hydrogen-bond donors (Lipinski definition) is 0. The summed E-state index contributed by atoms with van der Waals surface area (Å²) in [7, 11) is 0. The molecule has 1 heterocycles. The lowest BCUT2D eigenvalue weighted by Crippen LogP contribution is -2.43. The first-order valence-corrected chi connectivity index (χ1v) is 7.52. The van der Waals surface area contributed by atoms with E-state index in [1.807, 2.05) is 0 Å². The van der Waals surface area contributed by atoms with Crippen molar-refractivity contribution < 1.29 is 9.53 Å². The van der Waals surface area contributed by atoms with E-state index >= 15 is 0 Å². The van der Waals surface area contributed by atoms with Crippen molar-refractivity contribution in [1.82, 2.24) is 4.90 Å². The molecule has 2 aliphatic rings. The van der Waals surface area contributed by atoms with Crippen LogP contribution in [-0.4, -0.2) is 35.6 Å². The average Bonchev–Trinajstić information content (AvgIpc) is 3.02. The van der Waals surface area contributed by atoms with Gasteiger partial charge in [-0.15, -0.1) is 0 Å². The molecular formula is C15H27NO2. The van der Waals surface area contributed by atoms with Crippen LogP contribution in [0.15, 0.2) is 0 Å². The van der Waals surface area contributed by atoms with E-state index in [4.69, 9.17) is 4.74 Å². The lowest BCUT2D eigenvalue weighted by molar-refractivity contribution is -0.135. The number of carbonyl (C=O) groups is 1. The van der Waals surface area contributed by atoms with E-state index < -0.39 is 0 Å². The Hall–Kier alpha value is -0.570. The van der Waals surface area contributed by atoms with Gasteiger partial charge in [0.05, 0.1) is 6.10 Å². The van der Waals surface area contributed by atoms with E-state index in [2.05, 4.69) is 25.7 Å². The number of ether oxygens (including phenoxy) is 1. The largest absolute Gasteiger partial charge is 0.378 e. The summed E-state index contributed by atoms with van der Waals surface area (Å²) < 4.78 is 5.60. The lowest BCUT2D eigenvalue weighted by atomic mass is 10.0. The van der Waals surface area contributed by atoms with Gasteiger partial charge in [-0.1, -0.05) is 13.8 Å². The van der Waals surface area contributed by atoms with Crippen LogP contribution in [0.2, 0.25) is 0 Å². The predicted octanol–water partition coefficient (Wildman–Crippen LogP) is 2.98. The molecule has 0 aromatic rings. The monoisotopic (exact) mass is 253 g/mol. The van der Waals surface area contributed by atoms with Crippen LogP contribution in [0, 0.1) is 5.92 Å². The molecule has 2 rings (SSSR count). The Balaban J connectivity index is 1.83. The zero-order valence-electron chi connectivity index (χ0n) is 12.0. The molecule has 0 N–H and O–H groups in total. The van der Waals surface area contributed by atoms with Gasteiger partial charge in [0.1, 0.15) is 0 Å². The van der Waals surface area contributed by atoms with Gasteiger partial charge in [0.2, 0.25) is 5.91 Å². The molecule has 1 saturated carbocycles. The SMILES string of the molecule is CC(C)C(C)N(C(=O)CCC1CCCO1)C1CC1. The van der Waals surface area contributed by atoms with Gasteiger partial charge in [0.15, 0.2) is 0 Å². The molecule has 0 aromatic carbocycles. The van der Waals surface area contributed by atoms with Crippen LogP contribution in [0.1, 0.15) is 59.3 Å². The third-order valence-corrected chi connectivity index (χ3v) is 4.34. The molecule has 1 aliphatic carbocycles. The molecule has 0 spiro atoms. The first-order chi connectivity index (χ1) is 8.59. The van der Waals surface area contributed by atoms with E-state index in [0.717, 1.165) is 25.9 Å². The minimum atomic E-state index is 0.337. The Bertz CT molecular complexity index is 280. The molecule has 0 bridgehead atoms. The Morgan fingerprint density at radius 3 is 2.50 bits per heavy atom. The van der Waals surface area contributed by atoms with E-state index in [1.54, 1.807) is 0 Å². The average molecular weight is 253 g/mol. The molecule has 0 aromatic heterocycles. The Morgan fingerprint density at radius 1 is 1.28 bits per heavy atom. The molecule has 1 aliphatic heterocycles. The minimum absolute atomic E-state index is 0.337. The van der Waals surface area contributed by atoms with Gasteiger partial charge in [-0.05, 0) is 44.9 Å². The van der Waals surface area contributed by atoms with Crippen LogP contribution >= 0.6 is 0 Å². The molecule has 18 heavy (non-hydrogen) atoms. The van der Waals surface area contributed by atoms with Crippen LogP contribution in [0.3, 0.4) is 0 Å². The molecule has 1 saturated heterocycles. The van der Waals surface area contributed by atoms with Gasteiger partial charge in [-0.3, -0.25) is 4.79 Å². The van der Waals surface area contributed by atoms with Crippen molar-refractivity contribution in [3.8, 4) is 0 Å². The summed E-state index contributed by atoms with van der Waals surface area (Å²) >= 11 is 0. The smallest absolute Gasteiger partial charge is 0.223 e. The van der Waals surface area contributed by atoms with Crippen molar-refractivity contribution in [3.05, 3.63) is 0 Å². The standard InChI is InChI=1S/C15H27NO2/c1-11(2)12(3)16(13-6-7-13)15(17)9-8-14-5-4-10-18-14/h11-14H,4-10H2,1-3H3. The fourth-order valence-electron chi connectivity index (χ4n) is 2.72. The highest BCUT2D eigenvalue weighted by molar-refractivity contribution is 5.77.